The highest BCUT2D eigenvalue weighted by atomic mass is 35.5. The van der Waals surface area contributed by atoms with Crippen molar-refractivity contribution in [2.75, 3.05) is 16.8 Å². The molecule has 0 saturated heterocycles. The molecule has 0 saturated carbocycles. The van der Waals surface area contributed by atoms with E-state index >= 15 is 0 Å². The molecule has 0 unspecified atom stereocenters. The molecule has 3 heterocycles. The van der Waals surface area contributed by atoms with Crippen LogP contribution < -0.4 is 10.2 Å². The number of fused-ring (bicyclic) bond motifs is 2. The van der Waals surface area contributed by atoms with Crippen LogP contribution in [-0.2, 0) is 0 Å². The molecule has 0 radical (unpaired) electrons. The fourth-order valence-electron chi connectivity index (χ4n) is 2.34. The Morgan fingerprint density at radius 3 is 2.95 bits per heavy atom. The van der Waals surface area contributed by atoms with E-state index in [1.807, 2.05) is 18.7 Å². The monoisotopic (exact) mass is 288 g/mol. The molecule has 102 valence electrons. The van der Waals surface area contributed by atoms with Crippen molar-refractivity contribution in [3.8, 4) is 0 Å². The summed E-state index contributed by atoms with van der Waals surface area (Å²) in [7, 11) is 0. The first-order valence-corrected chi connectivity index (χ1v) is 6.70. The van der Waals surface area contributed by atoms with Gasteiger partial charge in [0.05, 0.1) is 11.3 Å². The molecule has 0 aromatic carbocycles. The van der Waals surface area contributed by atoms with Gasteiger partial charge < -0.3 is 10.2 Å². The maximum absolute atomic E-state index is 12.3. The molecular weight excluding hydrogens is 276 g/mol. The van der Waals surface area contributed by atoms with Crippen molar-refractivity contribution in [2.24, 2.45) is 0 Å². The van der Waals surface area contributed by atoms with Crippen LogP contribution in [0.3, 0.4) is 0 Å². The van der Waals surface area contributed by atoms with E-state index in [0.29, 0.717) is 34.6 Å². The molecule has 0 bridgehead atoms. The number of carbonyl (C=O) groups is 1. The number of carbonyl (C=O) groups excluding carboxylic acids is 1. The summed E-state index contributed by atoms with van der Waals surface area (Å²) in [6.45, 7) is 4.51. The minimum Gasteiger partial charge on any atom is -0.318 e. The molecule has 0 spiro atoms. The Balaban J connectivity index is 2.31. The molecule has 1 N–H and O–H groups in total. The van der Waals surface area contributed by atoms with Gasteiger partial charge in [-0.3, -0.25) is 4.79 Å². The van der Waals surface area contributed by atoms with E-state index in [9.17, 15) is 4.79 Å². The molecular formula is C14H13ClN4O. The molecule has 1 amide bonds. The van der Waals surface area contributed by atoms with Crippen molar-refractivity contribution >= 4 is 34.8 Å². The highest BCUT2D eigenvalue weighted by Gasteiger charge is 2.27. The smallest absolute Gasteiger partial charge is 0.259 e. The zero-order chi connectivity index (χ0) is 14.3. The Bertz CT molecular complexity index is 702. The highest BCUT2D eigenvalue weighted by molar-refractivity contribution is 6.29. The van der Waals surface area contributed by atoms with Crippen LogP contribution in [0.1, 0.15) is 22.8 Å². The predicted octanol–water partition coefficient (Wildman–Crippen LogP) is 3.16. The maximum atomic E-state index is 12.3. The molecule has 1 aliphatic heterocycles. The van der Waals surface area contributed by atoms with Gasteiger partial charge in [0.25, 0.3) is 5.91 Å². The first-order valence-electron chi connectivity index (χ1n) is 6.33. The number of halogens is 1. The lowest BCUT2D eigenvalue weighted by Crippen LogP contribution is -2.19. The number of hydrogen-bond donors (Lipinski definition) is 1. The average molecular weight is 289 g/mol. The molecule has 3 rings (SSSR count). The average Bonchev–Trinajstić information content (AvgIpc) is 2.54. The number of amides is 1. The summed E-state index contributed by atoms with van der Waals surface area (Å²) in [5, 5.41) is 3.29. The van der Waals surface area contributed by atoms with E-state index in [1.165, 1.54) is 0 Å². The van der Waals surface area contributed by atoms with Crippen molar-refractivity contribution in [2.45, 2.75) is 13.8 Å². The molecule has 6 heteroatoms. The minimum atomic E-state index is -0.183. The maximum Gasteiger partial charge on any atom is 0.259 e. The summed E-state index contributed by atoms with van der Waals surface area (Å²) in [5.41, 5.74) is 2.08. The van der Waals surface area contributed by atoms with Gasteiger partial charge in [0.15, 0.2) is 5.82 Å². The number of pyridine rings is 2. The van der Waals surface area contributed by atoms with Crippen LogP contribution in [0.2, 0.25) is 5.15 Å². The number of nitrogens with zero attached hydrogens (tertiary/aromatic N) is 3. The van der Waals surface area contributed by atoms with Crippen molar-refractivity contribution < 1.29 is 4.79 Å². The largest absolute Gasteiger partial charge is 0.318 e. The van der Waals surface area contributed by atoms with Gasteiger partial charge in [-0.15, -0.1) is 0 Å². The van der Waals surface area contributed by atoms with Crippen LogP contribution in [0.25, 0.3) is 0 Å². The fraction of sp³-hybridized carbons (Fsp3) is 0.214. The third-order valence-corrected chi connectivity index (χ3v) is 3.46. The Labute approximate surface area is 121 Å². The molecule has 1 aliphatic rings. The molecule has 2 aromatic heterocycles. The number of nitrogens with one attached hydrogen (secondary N) is 1. The lowest BCUT2D eigenvalue weighted by molar-refractivity contribution is 0.102. The number of rotatable bonds is 1. The summed E-state index contributed by atoms with van der Waals surface area (Å²) >= 11 is 6.05. The lowest BCUT2D eigenvalue weighted by Gasteiger charge is -2.22. The third kappa shape index (κ3) is 1.91. The second-order valence-corrected chi connectivity index (χ2v) is 4.92. The number of aryl methyl sites for hydroxylation is 1. The van der Waals surface area contributed by atoms with Crippen molar-refractivity contribution in [3.63, 3.8) is 0 Å². The van der Waals surface area contributed by atoms with Gasteiger partial charge in [-0.1, -0.05) is 11.6 Å². The van der Waals surface area contributed by atoms with Gasteiger partial charge in [0, 0.05) is 12.7 Å². The van der Waals surface area contributed by atoms with Crippen LogP contribution in [0.15, 0.2) is 24.4 Å². The predicted molar refractivity (Wildman–Crippen MR) is 78.9 cm³/mol. The number of aromatic nitrogens is 2. The van der Waals surface area contributed by atoms with Crippen LogP contribution in [0, 0.1) is 6.92 Å². The van der Waals surface area contributed by atoms with Gasteiger partial charge >= 0.3 is 0 Å². The Hall–Kier alpha value is -2.14. The summed E-state index contributed by atoms with van der Waals surface area (Å²) in [5.74, 6) is 1.04. The molecule has 20 heavy (non-hydrogen) atoms. The molecule has 0 atom stereocenters. The molecule has 5 nitrogen and oxygen atoms in total. The normalized spacial score (nSPS) is 13.3. The molecule has 0 fully saturated rings. The van der Waals surface area contributed by atoms with Crippen molar-refractivity contribution in [3.05, 3.63) is 40.7 Å². The van der Waals surface area contributed by atoms with Gasteiger partial charge in [-0.2, -0.15) is 0 Å². The topological polar surface area (TPSA) is 58.1 Å². The van der Waals surface area contributed by atoms with E-state index in [0.717, 1.165) is 5.56 Å². The van der Waals surface area contributed by atoms with E-state index < -0.39 is 0 Å². The standard InChI is InChI=1S/C14H13ClN4O/c1-3-19-12-9(5-4-6-16-12)14(20)18-11-8(2)7-10(15)17-13(11)19/h4-7H,3H2,1-2H3,(H,18,20). The number of anilines is 3. The van der Waals surface area contributed by atoms with Gasteiger partial charge in [0.2, 0.25) is 0 Å². The minimum absolute atomic E-state index is 0.183. The van der Waals surface area contributed by atoms with E-state index in [4.69, 9.17) is 11.6 Å². The zero-order valence-electron chi connectivity index (χ0n) is 11.1. The molecule has 0 aliphatic carbocycles. The quantitative estimate of drug-likeness (QED) is 0.819. The van der Waals surface area contributed by atoms with Crippen LogP contribution in [0.4, 0.5) is 17.3 Å². The molecule has 2 aromatic rings. The van der Waals surface area contributed by atoms with Gasteiger partial charge in [0.1, 0.15) is 11.0 Å². The van der Waals surface area contributed by atoms with Crippen LogP contribution >= 0.6 is 11.6 Å². The summed E-state index contributed by atoms with van der Waals surface area (Å²) in [6, 6.07) is 5.23. The third-order valence-electron chi connectivity index (χ3n) is 3.26. The van der Waals surface area contributed by atoms with E-state index in [-0.39, 0.29) is 5.91 Å². The SMILES string of the molecule is CCN1c2ncccc2C(=O)Nc2c(C)cc(Cl)nc21. The zero-order valence-corrected chi connectivity index (χ0v) is 11.9. The Morgan fingerprint density at radius 2 is 2.20 bits per heavy atom. The van der Waals surface area contributed by atoms with Gasteiger partial charge in [-0.25, -0.2) is 9.97 Å². The van der Waals surface area contributed by atoms with Gasteiger partial charge in [-0.05, 0) is 37.6 Å². The Morgan fingerprint density at radius 1 is 1.40 bits per heavy atom. The first-order chi connectivity index (χ1) is 9.61. The van der Waals surface area contributed by atoms with E-state index in [2.05, 4.69) is 15.3 Å². The van der Waals surface area contributed by atoms with E-state index in [1.54, 1.807) is 24.4 Å². The first kappa shape index (κ1) is 12.9. The fourth-order valence-corrected chi connectivity index (χ4v) is 2.58. The van der Waals surface area contributed by atoms with Crippen molar-refractivity contribution in [1.82, 2.24) is 9.97 Å². The number of hydrogen-bond acceptors (Lipinski definition) is 4. The van der Waals surface area contributed by atoms with Crippen molar-refractivity contribution in [1.29, 1.82) is 0 Å². The van der Waals surface area contributed by atoms with Crippen LogP contribution in [-0.4, -0.2) is 22.4 Å². The highest BCUT2D eigenvalue weighted by Crippen LogP contribution is 2.37. The summed E-state index contributed by atoms with van der Waals surface area (Å²) in [4.78, 5) is 22.9. The Kier molecular flexibility index (Phi) is 3.06. The van der Waals surface area contributed by atoms with Crippen LogP contribution in [0.5, 0.6) is 0 Å². The lowest BCUT2D eigenvalue weighted by atomic mass is 10.2. The summed E-state index contributed by atoms with van der Waals surface area (Å²) in [6.07, 6.45) is 1.66. The second kappa shape index (κ2) is 4.76. The summed E-state index contributed by atoms with van der Waals surface area (Å²) < 4.78 is 0. The second-order valence-electron chi connectivity index (χ2n) is 4.53.